The quantitative estimate of drug-likeness (QED) is 0.585. The maximum absolute atomic E-state index is 12.3. The standard InChI is InChI=1S/C19H19N3O5S/c1-13-7-4-5-10-16(13)18-20-17(27-21-18)12-26-19(23)14-8-6-9-15(11-14)28(24,25)22(2)3/h4-11H,12H2,1-3H3. The van der Waals surface area contributed by atoms with Gasteiger partial charge >= 0.3 is 5.97 Å². The van der Waals surface area contributed by atoms with Gasteiger partial charge in [0.25, 0.3) is 5.89 Å². The normalized spacial score (nSPS) is 11.6. The summed E-state index contributed by atoms with van der Waals surface area (Å²) in [6, 6.07) is 13.2. The molecular formula is C19H19N3O5S. The fourth-order valence-corrected chi connectivity index (χ4v) is 3.40. The van der Waals surface area contributed by atoms with Crippen LogP contribution in [-0.2, 0) is 21.4 Å². The first-order valence-electron chi connectivity index (χ1n) is 8.37. The van der Waals surface area contributed by atoms with E-state index in [1.807, 2.05) is 31.2 Å². The number of rotatable bonds is 6. The van der Waals surface area contributed by atoms with Gasteiger partial charge in [-0.2, -0.15) is 4.98 Å². The van der Waals surface area contributed by atoms with E-state index in [0.29, 0.717) is 5.82 Å². The van der Waals surface area contributed by atoms with Gasteiger partial charge in [0.2, 0.25) is 15.8 Å². The summed E-state index contributed by atoms with van der Waals surface area (Å²) in [7, 11) is -0.810. The number of nitrogens with zero attached hydrogens (tertiary/aromatic N) is 3. The smallest absolute Gasteiger partial charge is 0.338 e. The van der Waals surface area contributed by atoms with Gasteiger partial charge in [-0.3, -0.25) is 0 Å². The van der Waals surface area contributed by atoms with Crippen molar-refractivity contribution in [1.29, 1.82) is 0 Å². The lowest BCUT2D eigenvalue weighted by Crippen LogP contribution is -2.22. The van der Waals surface area contributed by atoms with Gasteiger partial charge in [0, 0.05) is 19.7 Å². The average Bonchev–Trinajstić information content (AvgIpc) is 3.15. The molecule has 9 heteroatoms. The Labute approximate surface area is 162 Å². The molecule has 0 radical (unpaired) electrons. The minimum Gasteiger partial charge on any atom is -0.452 e. The van der Waals surface area contributed by atoms with Crippen LogP contribution in [0.2, 0.25) is 0 Å². The van der Waals surface area contributed by atoms with Crippen molar-refractivity contribution in [3.05, 3.63) is 65.5 Å². The van der Waals surface area contributed by atoms with Crippen LogP contribution < -0.4 is 0 Å². The number of carbonyl (C=O) groups excluding carboxylic acids is 1. The number of aryl methyl sites for hydroxylation is 1. The summed E-state index contributed by atoms with van der Waals surface area (Å²) < 4.78 is 35.8. The molecule has 1 aromatic heterocycles. The van der Waals surface area contributed by atoms with Crippen molar-refractivity contribution in [3.8, 4) is 11.4 Å². The number of carbonyl (C=O) groups is 1. The van der Waals surface area contributed by atoms with Gasteiger partial charge in [0.1, 0.15) is 0 Å². The molecule has 0 saturated heterocycles. The van der Waals surface area contributed by atoms with Gasteiger partial charge in [0.05, 0.1) is 10.5 Å². The molecule has 0 aliphatic heterocycles. The highest BCUT2D eigenvalue weighted by molar-refractivity contribution is 7.89. The molecule has 0 aliphatic carbocycles. The molecule has 0 saturated carbocycles. The van der Waals surface area contributed by atoms with Crippen LogP contribution in [0.5, 0.6) is 0 Å². The zero-order valence-electron chi connectivity index (χ0n) is 15.6. The van der Waals surface area contributed by atoms with Gasteiger partial charge in [-0.1, -0.05) is 35.5 Å². The van der Waals surface area contributed by atoms with E-state index in [1.165, 1.54) is 38.4 Å². The van der Waals surface area contributed by atoms with Gasteiger partial charge in [-0.05, 0) is 30.7 Å². The lowest BCUT2D eigenvalue weighted by molar-refractivity contribution is 0.0429. The number of aromatic nitrogens is 2. The minimum atomic E-state index is -3.65. The van der Waals surface area contributed by atoms with E-state index in [9.17, 15) is 13.2 Å². The second-order valence-electron chi connectivity index (χ2n) is 6.22. The van der Waals surface area contributed by atoms with Crippen LogP contribution in [0.1, 0.15) is 21.8 Å². The topological polar surface area (TPSA) is 103 Å². The first kappa shape index (κ1) is 19.7. The Bertz CT molecular complexity index is 1110. The van der Waals surface area contributed by atoms with Crippen molar-refractivity contribution in [2.45, 2.75) is 18.4 Å². The fourth-order valence-electron chi connectivity index (χ4n) is 2.45. The molecule has 0 atom stereocenters. The Morgan fingerprint density at radius 3 is 2.61 bits per heavy atom. The Kier molecular flexibility index (Phi) is 5.57. The molecule has 0 fully saturated rings. The first-order valence-corrected chi connectivity index (χ1v) is 9.81. The summed E-state index contributed by atoms with van der Waals surface area (Å²) in [5.41, 5.74) is 1.93. The third-order valence-corrected chi connectivity index (χ3v) is 5.84. The zero-order chi connectivity index (χ0) is 20.3. The molecule has 0 aliphatic rings. The molecule has 0 N–H and O–H groups in total. The highest BCUT2D eigenvalue weighted by Crippen LogP contribution is 2.20. The molecule has 8 nitrogen and oxygen atoms in total. The molecule has 28 heavy (non-hydrogen) atoms. The van der Waals surface area contributed by atoms with E-state index < -0.39 is 16.0 Å². The average molecular weight is 401 g/mol. The third-order valence-electron chi connectivity index (χ3n) is 4.03. The Hall–Kier alpha value is -3.04. The lowest BCUT2D eigenvalue weighted by Gasteiger charge is -2.11. The van der Waals surface area contributed by atoms with Crippen molar-refractivity contribution in [2.24, 2.45) is 0 Å². The van der Waals surface area contributed by atoms with E-state index in [-0.39, 0.29) is 23.0 Å². The van der Waals surface area contributed by atoms with Crippen LogP contribution in [-0.4, -0.2) is 42.9 Å². The SMILES string of the molecule is Cc1ccccc1-c1noc(COC(=O)c2cccc(S(=O)(=O)N(C)C)c2)n1. The lowest BCUT2D eigenvalue weighted by atomic mass is 10.1. The Morgan fingerprint density at radius 1 is 1.14 bits per heavy atom. The number of sulfonamides is 1. The maximum atomic E-state index is 12.3. The van der Waals surface area contributed by atoms with Gasteiger partial charge in [-0.15, -0.1) is 0 Å². The summed E-state index contributed by atoms with van der Waals surface area (Å²) in [6.45, 7) is 1.71. The van der Waals surface area contributed by atoms with Crippen molar-refractivity contribution >= 4 is 16.0 Å². The second-order valence-corrected chi connectivity index (χ2v) is 8.37. The third kappa shape index (κ3) is 4.10. The van der Waals surface area contributed by atoms with Gasteiger partial charge in [-0.25, -0.2) is 17.5 Å². The molecule has 3 aromatic rings. The van der Waals surface area contributed by atoms with Crippen LogP contribution in [0, 0.1) is 6.92 Å². The highest BCUT2D eigenvalue weighted by atomic mass is 32.2. The van der Waals surface area contributed by atoms with E-state index >= 15 is 0 Å². The minimum absolute atomic E-state index is 0.00609. The molecule has 0 bridgehead atoms. The van der Waals surface area contributed by atoms with Gasteiger partial charge < -0.3 is 9.26 Å². The van der Waals surface area contributed by atoms with Crippen molar-refractivity contribution < 1.29 is 22.5 Å². The molecule has 3 rings (SSSR count). The van der Waals surface area contributed by atoms with Crippen LogP contribution in [0.3, 0.4) is 0 Å². The predicted octanol–water partition coefficient (Wildman–Crippen LogP) is 2.65. The predicted molar refractivity (Wildman–Crippen MR) is 101 cm³/mol. The molecule has 0 spiro atoms. The maximum Gasteiger partial charge on any atom is 0.338 e. The number of benzene rings is 2. The number of esters is 1. The first-order chi connectivity index (χ1) is 13.3. The zero-order valence-corrected chi connectivity index (χ0v) is 16.4. The van der Waals surface area contributed by atoms with Crippen molar-refractivity contribution in [1.82, 2.24) is 14.4 Å². The van der Waals surface area contributed by atoms with Crippen LogP contribution >= 0.6 is 0 Å². The van der Waals surface area contributed by atoms with Crippen LogP contribution in [0.25, 0.3) is 11.4 Å². The van der Waals surface area contributed by atoms with E-state index in [4.69, 9.17) is 9.26 Å². The summed E-state index contributed by atoms with van der Waals surface area (Å²) >= 11 is 0. The molecule has 0 amide bonds. The monoisotopic (exact) mass is 401 g/mol. The molecule has 146 valence electrons. The van der Waals surface area contributed by atoms with E-state index in [2.05, 4.69) is 10.1 Å². The second kappa shape index (κ2) is 7.91. The van der Waals surface area contributed by atoms with E-state index in [0.717, 1.165) is 15.4 Å². The molecule has 0 unspecified atom stereocenters. The number of hydrogen-bond acceptors (Lipinski definition) is 7. The molecule has 1 heterocycles. The Balaban J connectivity index is 1.71. The fraction of sp³-hybridized carbons (Fsp3) is 0.211. The van der Waals surface area contributed by atoms with Crippen LogP contribution in [0.4, 0.5) is 0 Å². The van der Waals surface area contributed by atoms with Gasteiger partial charge in [0.15, 0.2) is 6.61 Å². The van der Waals surface area contributed by atoms with Crippen LogP contribution in [0.15, 0.2) is 57.9 Å². The summed E-state index contributed by atoms with van der Waals surface area (Å²) in [6.07, 6.45) is 0. The van der Waals surface area contributed by atoms with E-state index in [1.54, 1.807) is 0 Å². The van der Waals surface area contributed by atoms with Crippen molar-refractivity contribution in [2.75, 3.05) is 14.1 Å². The largest absolute Gasteiger partial charge is 0.452 e. The highest BCUT2D eigenvalue weighted by Gasteiger charge is 2.20. The molecule has 2 aromatic carbocycles. The van der Waals surface area contributed by atoms with Crippen molar-refractivity contribution in [3.63, 3.8) is 0 Å². The summed E-state index contributed by atoms with van der Waals surface area (Å²) in [4.78, 5) is 16.5. The Morgan fingerprint density at radius 2 is 1.89 bits per heavy atom. The number of hydrogen-bond donors (Lipinski definition) is 0. The molecular weight excluding hydrogens is 382 g/mol. The summed E-state index contributed by atoms with van der Waals surface area (Å²) in [5, 5.41) is 3.90. The number of ether oxygens (including phenoxy) is 1. The summed E-state index contributed by atoms with van der Waals surface area (Å²) in [5.74, 6) is -0.140.